The molecule has 0 bridgehead atoms. The predicted molar refractivity (Wildman–Crippen MR) is 196 cm³/mol. The van der Waals surface area contributed by atoms with Gasteiger partial charge in [0.15, 0.2) is 0 Å². The highest BCUT2D eigenvalue weighted by Gasteiger charge is 2.20. The average molecular weight is 753 g/mol. The molecule has 0 amide bonds. The third-order valence-electron chi connectivity index (χ3n) is 8.37. The Balaban J connectivity index is 1.34. The summed E-state index contributed by atoms with van der Waals surface area (Å²) in [5.74, 6) is -0.0619. The van der Waals surface area contributed by atoms with E-state index >= 15 is 0 Å². The van der Waals surface area contributed by atoms with Crippen molar-refractivity contribution in [2.45, 2.75) is 26.7 Å². The van der Waals surface area contributed by atoms with Crippen LogP contribution < -0.4 is 35.7 Å². The van der Waals surface area contributed by atoms with Crippen LogP contribution in [0.2, 0.25) is 0 Å². The van der Waals surface area contributed by atoms with Gasteiger partial charge in [0, 0.05) is 46.9 Å². The van der Waals surface area contributed by atoms with E-state index in [-0.39, 0.29) is 69.1 Å². The Morgan fingerprint density at radius 3 is 1.42 bits per heavy atom. The summed E-state index contributed by atoms with van der Waals surface area (Å²) >= 11 is 0. The molecule has 6 aromatic rings. The third kappa shape index (κ3) is 8.04. The van der Waals surface area contributed by atoms with Gasteiger partial charge in [-0.15, -0.1) is 0 Å². The molecule has 0 aliphatic heterocycles. The lowest BCUT2D eigenvalue weighted by molar-refractivity contribution is 0.474. The molecule has 2 heterocycles. The fourth-order valence-electron chi connectivity index (χ4n) is 5.93. The molecule has 0 fully saturated rings. The van der Waals surface area contributed by atoms with Crippen molar-refractivity contribution in [1.29, 1.82) is 10.5 Å². The molecule has 6 rings (SSSR count). The van der Waals surface area contributed by atoms with Gasteiger partial charge in [-0.1, -0.05) is 24.3 Å². The van der Waals surface area contributed by atoms with E-state index in [0.717, 1.165) is 0 Å². The number of hydrogen-bond donors (Lipinski definition) is 4. The van der Waals surface area contributed by atoms with Gasteiger partial charge < -0.3 is 13.6 Å². The summed E-state index contributed by atoms with van der Waals surface area (Å²) in [5, 5.41) is 31.2. The molecule has 0 saturated heterocycles. The lowest BCUT2D eigenvalue weighted by Gasteiger charge is -2.14. The highest BCUT2D eigenvalue weighted by atomic mass is 32.2. The molecule has 17 heteroatoms. The van der Waals surface area contributed by atoms with Crippen LogP contribution in [0.1, 0.15) is 44.5 Å². The molecule has 0 saturated carbocycles. The molecule has 0 aliphatic rings. The average Bonchev–Trinajstić information content (AvgIpc) is 3.07. The number of nitriles is 2. The van der Waals surface area contributed by atoms with E-state index in [1.165, 1.54) is 48.5 Å². The Bertz CT molecular complexity index is 2730. The summed E-state index contributed by atoms with van der Waals surface area (Å²) in [5.41, 5.74) is 2.18. The number of aryl methyl sites for hydroxylation is 2. The highest BCUT2D eigenvalue weighted by molar-refractivity contribution is 7.90. The lowest BCUT2D eigenvalue weighted by Crippen LogP contribution is -2.21. The van der Waals surface area contributed by atoms with Crippen molar-refractivity contribution in [3.63, 3.8) is 0 Å². The lowest BCUT2D eigenvalue weighted by atomic mass is 9.98. The molecule has 0 aliphatic carbocycles. The first-order valence-corrected chi connectivity index (χ1v) is 18.6. The summed E-state index contributed by atoms with van der Waals surface area (Å²) < 4.78 is 67.6. The summed E-state index contributed by atoms with van der Waals surface area (Å²) in [4.78, 5) is 26.4. The maximum atomic E-state index is 13.2. The van der Waals surface area contributed by atoms with Gasteiger partial charge in [-0.3, -0.25) is 9.44 Å². The fourth-order valence-corrected chi connectivity index (χ4v) is 6.84. The highest BCUT2D eigenvalue weighted by Crippen LogP contribution is 2.36. The van der Waals surface area contributed by atoms with E-state index in [2.05, 4.69) is 21.6 Å². The number of benzene rings is 4. The van der Waals surface area contributed by atoms with Crippen molar-refractivity contribution in [2.75, 3.05) is 9.44 Å². The quantitative estimate of drug-likeness (QED) is 0.142. The molecule has 0 atom stereocenters. The Morgan fingerprint density at radius 2 is 1.06 bits per heavy atom. The third-order valence-corrected chi connectivity index (χ3v) is 9.41. The minimum absolute atomic E-state index is 0.0309. The van der Waals surface area contributed by atoms with Gasteiger partial charge in [0.05, 0.1) is 22.5 Å². The molecule has 0 radical (unpaired) electrons. The maximum absolute atomic E-state index is 13.2. The van der Waals surface area contributed by atoms with Crippen molar-refractivity contribution in [2.24, 2.45) is 10.3 Å². The Morgan fingerprint density at radius 1 is 0.660 bits per heavy atom. The van der Waals surface area contributed by atoms with E-state index in [0.29, 0.717) is 33.0 Å². The minimum Gasteiger partial charge on any atom is -0.454 e. The zero-order chi connectivity index (χ0) is 38.2. The zero-order valence-electron chi connectivity index (χ0n) is 27.9. The van der Waals surface area contributed by atoms with Crippen LogP contribution in [-0.2, 0) is 33.3 Å². The largest absolute Gasteiger partial charge is 0.454 e. The number of nitrogens with zero attached hydrogens (tertiary/aromatic N) is 2. The smallest absolute Gasteiger partial charge is 0.340 e. The molecule has 0 unspecified atom stereocenters. The number of rotatable bonds is 10. The summed E-state index contributed by atoms with van der Waals surface area (Å²) in [7, 11) is -8.03. The van der Waals surface area contributed by atoms with E-state index in [9.17, 15) is 36.9 Å². The molecule has 4 aromatic carbocycles. The Labute approximate surface area is 302 Å². The molecule has 6 N–H and O–H groups in total. The SMILES string of the molecule is Cc1c(Cc2cccc(NS(N)(=O)=O)c2)c(=O)oc2cc(Oc3cc4oc(=O)c(Cc5cccc(NS(N)(=O)=O)c5)c(C)c4cc3C#N)c(C#N)cc12. The van der Waals surface area contributed by atoms with E-state index in [1.54, 1.807) is 38.1 Å². The molecule has 15 nitrogen and oxygen atoms in total. The van der Waals surface area contributed by atoms with Crippen LogP contribution in [0.5, 0.6) is 11.5 Å². The molecule has 53 heavy (non-hydrogen) atoms. The standard InChI is InChI=1S/C36H28N6O9S2/c1-19-27-13-23(17-37)31(15-33(27)50-35(43)29(19)11-21-5-3-7-25(9-21)41-52(39,45)46)49-32-16-34-28(14-24(32)18-38)20(2)30(36(44)51-34)12-22-6-4-8-26(10-22)42-53(40,47)48/h3-10,13-16,41-42H,11-12H2,1-2H3,(H2,39,45,46)(H2,40,47,48). The maximum Gasteiger partial charge on any atom is 0.340 e. The number of nitrogens with one attached hydrogen (secondary N) is 2. The van der Waals surface area contributed by atoms with Crippen molar-refractivity contribution in [3.8, 4) is 23.6 Å². The van der Waals surface area contributed by atoms with Crippen molar-refractivity contribution >= 4 is 53.7 Å². The molecule has 0 spiro atoms. The number of ether oxygens (including phenoxy) is 1. The van der Waals surface area contributed by atoms with Crippen LogP contribution in [0.3, 0.4) is 0 Å². The molecular formula is C36H28N6O9S2. The first kappa shape index (κ1) is 36.3. The molecule has 268 valence electrons. The van der Waals surface area contributed by atoms with Crippen molar-refractivity contribution in [1.82, 2.24) is 0 Å². The predicted octanol–water partition coefficient (Wildman–Crippen LogP) is 4.46. The van der Waals surface area contributed by atoms with Gasteiger partial charge in [0.2, 0.25) is 0 Å². The van der Waals surface area contributed by atoms with Gasteiger partial charge in [-0.25, -0.2) is 19.9 Å². The second-order valence-corrected chi connectivity index (χ2v) is 14.6. The van der Waals surface area contributed by atoms with Crippen LogP contribution in [0.15, 0.2) is 91.2 Å². The van der Waals surface area contributed by atoms with E-state index in [4.69, 9.17) is 23.8 Å². The van der Waals surface area contributed by atoms with Gasteiger partial charge >= 0.3 is 11.3 Å². The monoisotopic (exact) mass is 752 g/mol. The van der Waals surface area contributed by atoms with Crippen molar-refractivity contribution in [3.05, 3.63) is 138 Å². The zero-order valence-corrected chi connectivity index (χ0v) is 29.5. The first-order valence-electron chi connectivity index (χ1n) is 15.5. The number of nitrogens with two attached hydrogens (primary N) is 2. The van der Waals surface area contributed by atoms with Gasteiger partial charge in [-0.05, 0) is 72.5 Å². The number of hydrogen-bond acceptors (Lipinski definition) is 11. The van der Waals surface area contributed by atoms with Crippen LogP contribution in [0, 0.1) is 36.5 Å². The van der Waals surface area contributed by atoms with Gasteiger partial charge in [0.1, 0.15) is 34.8 Å². The normalized spacial score (nSPS) is 11.6. The van der Waals surface area contributed by atoms with Gasteiger partial charge in [0.25, 0.3) is 20.4 Å². The van der Waals surface area contributed by atoms with Gasteiger partial charge in [-0.2, -0.15) is 27.4 Å². The second-order valence-electron chi connectivity index (χ2n) is 12.0. The van der Waals surface area contributed by atoms with E-state index in [1.807, 2.05) is 0 Å². The van der Waals surface area contributed by atoms with E-state index < -0.39 is 31.7 Å². The summed E-state index contributed by atoms with van der Waals surface area (Å²) in [6, 6.07) is 22.5. The summed E-state index contributed by atoms with van der Waals surface area (Å²) in [6.45, 7) is 3.38. The van der Waals surface area contributed by atoms with Crippen molar-refractivity contribution < 1.29 is 30.4 Å². The Hall–Kier alpha value is -6.50. The van der Waals surface area contributed by atoms with Crippen LogP contribution in [0.25, 0.3) is 21.9 Å². The second kappa shape index (κ2) is 13.9. The van der Waals surface area contributed by atoms with Crippen LogP contribution in [-0.4, -0.2) is 16.8 Å². The van der Waals surface area contributed by atoms with Crippen LogP contribution in [0.4, 0.5) is 11.4 Å². The number of anilines is 2. The molecular weight excluding hydrogens is 725 g/mol. The summed E-state index contributed by atoms with van der Waals surface area (Å²) in [6.07, 6.45) is 0.170. The fraction of sp³-hybridized carbons (Fsp3) is 0.111. The molecule has 2 aromatic heterocycles. The number of fused-ring (bicyclic) bond motifs is 2. The minimum atomic E-state index is -4.01. The Kier molecular flexibility index (Phi) is 9.52. The van der Waals surface area contributed by atoms with Crippen LogP contribution >= 0.6 is 0 Å². The first-order chi connectivity index (χ1) is 25.0. The topological polar surface area (TPSA) is 262 Å².